The molecule has 2 aromatic carbocycles. The third-order valence-electron chi connectivity index (χ3n) is 4.77. The van der Waals surface area contributed by atoms with Gasteiger partial charge < -0.3 is 19.1 Å². The van der Waals surface area contributed by atoms with E-state index in [9.17, 15) is 14.7 Å². The number of carboxylic acids is 1. The zero-order chi connectivity index (χ0) is 23.8. The summed E-state index contributed by atoms with van der Waals surface area (Å²) in [7, 11) is 0. The van der Waals surface area contributed by atoms with Crippen molar-refractivity contribution >= 4 is 12.1 Å². The van der Waals surface area contributed by atoms with Crippen molar-refractivity contribution in [2.45, 2.75) is 33.4 Å². The first-order chi connectivity index (χ1) is 15.8. The van der Waals surface area contributed by atoms with Crippen LogP contribution in [0.25, 0.3) is 11.5 Å². The molecule has 0 saturated carbocycles. The van der Waals surface area contributed by atoms with Crippen LogP contribution < -0.4 is 4.74 Å². The molecule has 9 heteroatoms. The maximum absolute atomic E-state index is 12.4. The minimum absolute atomic E-state index is 0.123. The summed E-state index contributed by atoms with van der Waals surface area (Å²) in [6.07, 6.45) is -0.662. The van der Waals surface area contributed by atoms with Gasteiger partial charge in [0, 0.05) is 5.56 Å². The number of carboxylic acid groups (broad SMARTS) is 1. The Kier molecular flexibility index (Phi) is 8.01. The average molecular weight is 453 g/mol. The number of aromatic nitrogens is 2. The van der Waals surface area contributed by atoms with E-state index in [1.807, 2.05) is 44.2 Å². The molecule has 3 rings (SSSR count). The van der Waals surface area contributed by atoms with E-state index >= 15 is 0 Å². The van der Waals surface area contributed by atoms with Crippen LogP contribution in [0.3, 0.4) is 0 Å². The zero-order valence-electron chi connectivity index (χ0n) is 18.8. The summed E-state index contributed by atoms with van der Waals surface area (Å²) in [6.45, 7) is 5.45. The monoisotopic (exact) mass is 453 g/mol. The van der Waals surface area contributed by atoms with Gasteiger partial charge in [0.1, 0.15) is 12.3 Å². The molecule has 1 atom stereocenters. The van der Waals surface area contributed by atoms with E-state index in [4.69, 9.17) is 14.0 Å². The Bertz CT molecular complexity index is 1050. The number of carbonyl (C=O) groups is 2. The number of ether oxygens (including phenoxy) is 2. The molecule has 0 aliphatic heterocycles. The van der Waals surface area contributed by atoms with Crippen molar-refractivity contribution < 1.29 is 28.7 Å². The molecule has 9 nitrogen and oxygen atoms in total. The van der Waals surface area contributed by atoms with Crippen molar-refractivity contribution in [3.8, 4) is 17.2 Å². The van der Waals surface area contributed by atoms with Crippen LogP contribution in [0.1, 0.15) is 38.2 Å². The fourth-order valence-electron chi connectivity index (χ4n) is 3.01. The first-order valence-electron chi connectivity index (χ1n) is 10.6. The molecule has 1 heterocycles. The van der Waals surface area contributed by atoms with Crippen LogP contribution in [-0.2, 0) is 16.1 Å². The third-order valence-corrected chi connectivity index (χ3v) is 4.77. The Balaban J connectivity index is 1.61. The standard InChI is InChI=1S/C24H27N3O6/c1-16(2)14-32-24(30)27(13-22(28)29)17(3)18-9-11-20(12-10-18)31-15-21-25-23(33-26-21)19-7-5-4-6-8-19/h4-12,16-17H,13-15H2,1-3H3,(H,28,29). The third kappa shape index (κ3) is 6.80. The second-order valence-electron chi connectivity index (χ2n) is 7.91. The number of aliphatic carboxylic acids is 1. The quantitative estimate of drug-likeness (QED) is 0.475. The highest BCUT2D eigenvalue weighted by molar-refractivity contribution is 5.77. The maximum atomic E-state index is 12.4. The highest BCUT2D eigenvalue weighted by Crippen LogP contribution is 2.24. The Morgan fingerprint density at radius 3 is 2.39 bits per heavy atom. The van der Waals surface area contributed by atoms with Gasteiger partial charge in [0.2, 0.25) is 5.82 Å². The van der Waals surface area contributed by atoms with Crippen LogP contribution in [-0.4, -0.2) is 45.4 Å². The van der Waals surface area contributed by atoms with Crippen LogP contribution >= 0.6 is 0 Å². The molecule has 1 aromatic heterocycles. The topological polar surface area (TPSA) is 115 Å². The molecule has 1 unspecified atom stereocenters. The van der Waals surface area contributed by atoms with E-state index < -0.39 is 24.6 Å². The second kappa shape index (κ2) is 11.1. The minimum Gasteiger partial charge on any atom is -0.485 e. The number of hydrogen-bond donors (Lipinski definition) is 1. The second-order valence-corrected chi connectivity index (χ2v) is 7.91. The molecule has 0 spiro atoms. The normalized spacial score (nSPS) is 11.8. The molecule has 0 aliphatic rings. The molecular formula is C24H27N3O6. The van der Waals surface area contributed by atoms with Gasteiger partial charge in [-0.3, -0.25) is 9.69 Å². The van der Waals surface area contributed by atoms with Gasteiger partial charge in [0.05, 0.1) is 12.6 Å². The molecule has 0 bridgehead atoms. The van der Waals surface area contributed by atoms with E-state index in [1.165, 1.54) is 4.90 Å². The Hall–Kier alpha value is -3.88. The largest absolute Gasteiger partial charge is 0.485 e. The first-order valence-corrected chi connectivity index (χ1v) is 10.6. The van der Waals surface area contributed by atoms with Crippen molar-refractivity contribution in [3.05, 3.63) is 66.0 Å². The van der Waals surface area contributed by atoms with Crippen molar-refractivity contribution in [2.24, 2.45) is 5.92 Å². The summed E-state index contributed by atoms with van der Waals surface area (Å²) >= 11 is 0. The van der Waals surface area contributed by atoms with Crippen LogP contribution in [0, 0.1) is 5.92 Å². The van der Waals surface area contributed by atoms with Gasteiger partial charge in [-0.15, -0.1) is 0 Å². The van der Waals surface area contributed by atoms with E-state index in [0.717, 1.165) is 11.1 Å². The van der Waals surface area contributed by atoms with E-state index in [0.29, 0.717) is 17.5 Å². The molecule has 1 amide bonds. The highest BCUT2D eigenvalue weighted by Gasteiger charge is 2.25. The molecule has 0 saturated heterocycles. The first kappa shape index (κ1) is 23.8. The number of carbonyl (C=O) groups excluding carboxylic acids is 1. The SMILES string of the molecule is CC(C)COC(=O)N(CC(=O)O)C(C)c1ccc(OCc2noc(-c3ccccc3)n2)cc1. The number of nitrogens with zero attached hydrogens (tertiary/aromatic N) is 3. The summed E-state index contributed by atoms with van der Waals surface area (Å²) < 4.78 is 16.2. The molecule has 0 aliphatic carbocycles. The molecule has 174 valence electrons. The number of rotatable bonds is 10. The highest BCUT2D eigenvalue weighted by atomic mass is 16.6. The molecule has 1 N–H and O–H groups in total. The number of hydrogen-bond acceptors (Lipinski definition) is 7. The molecule has 0 radical (unpaired) electrons. The van der Waals surface area contributed by atoms with E-state index in [1.54, 1.807) is 31.2 Å². The van der Waals surface area contributed by atoms with Crippen LogP contribution in [0.5, 0.6) is 5.75 Å². The number of amides is 1. The molecular weight excluding hydrogens is 426 g/mol. The van der Waals surface area contributed by atoms with Gasteiger partial charge in [-0.05, 0) is 42.7 Å². The fraction of sp³-hybridized carbons (Fsp3) is 0.333. The minimum atomic E-state index is -1.11. The van der Waals surface area contributed by atoms with E-state index in [2.05, 4.69) is 10.1 Å². The van der Waals surface area contributed by atoms with Gasteiger partial charge in [-0.1, -0.05) is 49.3 Å². The molecule has 33 heavy (non-hydrogen) atoms. The summed E-state index contributed by atoms with van der Waals surface area (Å²) in [4.78, 5) is 29.2. The zero-order valence-corrected chi connectivity index (χ0v) is 18.8. The van der Waals surface area contributed by atoms with Gasteiger partial charge in [-0.2, -0.15) is 4.98 Å². The molecule has 3 aromatic rings. The van der Waals surface area contributed by atoms with Crippen molar-refractivity contribution in [3.63, 3.8) is 0 Å². The van der Waals surface area contributed by atoms with Crippen molar-refractivity contribution in [1.29, 1.82) is 0 Å². The Labute approximate surface area is 191 Å². The lowest BCUT2D eigenvalue weighted by Gasteiger charge is -2.27. The predicted octanol–water partition coefficient (Wildman–Crippen LogP) is 4.56. The lowest BCUT2D eigenvalue weighted by Crippen LogP contribution is -2.38. The van der Waals surface area contributed by atoms with Crippen molar-refractivity contribution in [1.82, 2.24) is 15.0 Å². The summed E-state index contributed by atoms with van der Waals surface area (Å²) in [5.41, 5.74) is 1.57. The van der Waals surface area contributed by atoms with Crippen molar-refractivity contribution in [2.75, 3.05) is 13.2 Å². The van der Waals surface area contributed by atoms with Gasteiger partial charge in [-0.25, -0.2) is 4.79 Å². The number of benzene rings is 2. The predicted molar refractivity (Wildman–Crippen MR) is 119 cm³/mol. The average Bonchev–Trinajstić information content (AvgIpc) is 3.29. The fourth-order valence-corrected chi connectivity index (χ4v) is 3.01. The lowest BCUT2D eigenvalue weighted by atomic mass is 10.1. The summed E-state index contributed by atoms with van der Waals surface area (Å²) in [5.74, 6) is 0.436. The lowest BCUT2D eigenvalue weighted by molar-refractivity contribution is -0.138. The van der Waals surface area contributed by atoms with E-state index in [-0.39, 0.29) is 19.1 Å². The van der Waals surface area contributed by atoms with Crippen LogP contribution in [0.15, 0.2) is 59.1 Å². The van der Waals surface area contributed by atoms with Crippen LogP contribution in [0.2, 0.25) is 0 Å². The molecule has 0 fully saturated rings. The Morgan fingerprint density at radius 1 is 1.06 bits per heavy atom. The maximum Gasteiger partial charge on any atom is 0.410 e. The summed E-state index contributed by atoms with van der Waals surface area (Å²) in [6, 6.07) is 16.0. The van der Waals surface area contributed by atoms with Crippen LogP contribution in [0.4, 0.5) is 4.79 Å². The van der Waals surface area contributed by atoms with Gasteiger partial charge in [0.25, 0.3) is 5.89 Å². The van der Waals surface area contributed by atoms with Gasteiger partial charge >= 0.3 is 12.1 Å². The summed E-state index contributed by atoms with van der Waals surface area (Å²) in [5, 5.41) is 13.1. The smallest absolute Gasteiger partial charge is 0.410 e. The Morgan fingerprint density at radius 2 is 1.76 bits per heavy atom. The van der Waals surface area contributed by atoms with Gasteiger partial charge in [0.15, 0.2) is 6.61 Å².